The molecule has 1 N–H and O–H groups in total. The lowest BCUT2D eigenvalue weighted by molar-refractivity contribution is -0.274. The van der Waals surface area contributed by atoms with Crippen molar-refractivity contribution in [3.05, 3.63) is 48.0 Å². The van der Waals surface area contributed by atoms with Crippen LogP contribution in [0.3, 0.4) is 0 Å². The van der Waals surface area contributed by atoms with Gasteiger partial charge in [0.1, 0.15) is 23.5 Å². The third-order valence-electron chi connectivity index (χ3n) is 4.71. The molecule has 1 atom stereocenters. The standard InChI is InChI=1S/C22H26F3NO6S2/c1-4-11-26(34(29,30)19-8-5-17(6-9-19)32-22(23,24)25)12-13-33(3)18-7-10-20(16(2)14-18)31-15-21(27)28/h5-10,14H,4,11-13,15H2,1-3H3/p+1. The lowest BCUT2D eigenvalue weighted by Crippen LogP contribution is -2.35. The number of hydrogen-bond donors (Lipinski definition) is 1. The van der Waals surface area contributed by atoms with Gasteiger partial charge in [-0.2, -0.15) is 4.31 Å². The first-order chi connectivity index (χ1) is 15.8. The number of nitrogens with zero attached hydrogens (tertiary/aromatic N) is 1. The fourth-order valence-corrected chi connectivity index (χ4v) is 6.12. The maximum Gasteiger partial charge on any atom is 0.573 e. The Bertz CT molecular complexity index is 1080. The van der Waals surface area contributed by atoms with Crippen LogP contribution in [0.5, 0.6) is 11.5 Å². The highest BCUT2D eigenvalue weighted by Gasteiger charge is 2.32. The largest absolute Gasteiger partial charge is 0.573 e. The zero-order valence-corrected chi connectivity index (χ0v) is 20.6. The van der Waals surface area contributed by atoms with E-state index in [0.717, 1.165) is 34.7 Å². The van der Waals surface area contributed by atoms with Crippen LogP contribution < -0.4 is 9.47 Å². The summed E-state index contributed by atoms with van der Waals surface area (Å²) in [6.45, 7) is 3.70. The summed E-state index contributed by atoms with van der Waals surface area (Å²) in [5.74, 6) is -0.562. The Hall–Kier alpha value is -2.44. The van der Waals surface area contributed by atoms with E-state index in [1.165, 1.54) is 4.31 Å². The molecule has 7 nitrogen and oxygen atoms in total. The Morgan fingerprint density at radius 1 is 1.12 bits per heavy atom. The van der Waals surface area contributed by atoms with Gasteiger partial charge in [-0.05, 0) is 61.4 Å². The number of sulfonamides is 1. The number of rotatable bonds is 12. The first kappa shape index (κ1) is 27.8. The molecule has 0 fully saturated rings. The van der Waals surface area contributed by atoms with E-state index in [9.17, 15) is 26.4 Å². The van der Waals surface area contributed by atoms with Gasteiger partial charge in [-0.3, -0.25) is 0 Å². The summed E-state index contributed by atoms with van der Waals surface area (Å²) < 4.78 is 73.6. The van der Waals surface area contributed by atoms with Crippen molar-refractivity contribution in [3.63, 3.8) is 0 Å². The van der Waals surface area contributed by atoms with Crippen molar-refractivity contribution in [2.45, 2.75) is 36.4 Å². The minimum atomic E-state index is -4.86. The molecular weight excluding hydrogens is 495 g/mol. The highest BCUT2D eigenvalue weighted by Crippen LogP contribution is 2.26. The van der Waals surface area contributed by atoms with Crippen LogP contribution in [-0.4, -0.2) is 61.9 Å². The molecule has 0 aliphatic rings. The Labute approximate surface area is 199 Å². The molecule has 0 aliphatic heterocycles. The molecule has 0 radical (unpaired) electrons. The molecule has 2 aromatic rings. The van der Waals surface area contributed by atoms with Crippen LogP contribution >= 0.6 is 0 Å². The lowest BCUT2D eigenvalue weighted by atomic mass is 10.2. The molecule has 2 aromatic carbocycles. The SMILES string of the molecule is CCCN(CC[S+](C)c1ccc(OCC(=O)O)c(C)c1)S(=O)(=O)c1ccc(OC(F)(F)F)cc1. The van der Waals surface area contributed by atoms with Crippen LogP contribution in [0.15, 0.2) is 52.3 Å². The Morgan fingerprint density at radius 2 is 1.76 bits per heavy atom. The molecule has 0 heterocycles. The van der Waals surface area contributed by atoms with Crippen LogP contribution in [0.1, 0.15) is 18.9 Å². The molecule has 0 bridgehead atoms. The zero-order valence-electron chi connectivity index (χ0n) is 19.0. The monoisotopic (exact) mass is 522 g/mol. The summed E-state index contributed by atoms with van der Waals surface area (Å²) >= 11 is 0. The lowest BCUT2D eigenvalue weighted by Gasteiger charge is -2.21. The first-order valence-corrected chi connectivity index (χ1v) is 13.5. The normalized spacial score (nSPS) is 13.0. The number of halogens is 3. The highest BCUT2D eigenvalue weighted by molar-refractivity contribution is 7.96. The second kappa shape index (κ2) is 11.8. The molecule has 12 heteroatoms. The van der Waals surface area contributed by atoms with Gasteiger partial charge in [-0.25, -0.2) is 13.2 Å². The average molecular weight is 523 g/mol. The molecule has 2 rings (SSSR count). The van der Waals surface area contributed by atoms with Crippen molar-refractivity contribution in [3.8, 4) is 11.5 Å². The number of aryl methyl sites for hydroxylation is 1. The number of alkyl halides is 3. The van der Waals surface area contributed by atoms with E-state index < -0.39 is 34.7 Å². The van der Waals surface area contributed by atoms with E-state index in [-0.39, 0.29) is 28.9 Å². The van der Waals surface area contributed by atoms with E-state index in [2.05, 4.69) is 4.74 Å². The number of aliphatic carboxylic acids is 1. The van der Waals surface area contributed by atoms with Crippen molar-refractivity contribution in [2.75, 3.05) is 31.7 Å². The Balaban J connectivity index is 2.10. The molecule has 0 spiro atoms. The fourth-order valence-electron chi connectivity index (χ4n) is 3.06. The summed E-state index contributed by atoms with van der Waals surface area (Å²) in [5.41, 5.74) is 0.775. The number of ether oxygens (including phenoxy) is 2. The zero-order chi connectivity index (χ0) is 25.5. The van der Waals surface area contributed by atoms with E-state index in [4.69, 9.17) is 9.84 Å². The average Bonchev–Trinajstić information content (AvgIpc) is 2.74. The molecular formula is C22H27F3NO6S2+. The molecule has 0 amide bonds. The molecule has 1 unspecified atom stereocenters. The smallest absolute Gasteiger partial charge is 0.482 e. The van der Waals surface area contributed by atoms with Gasteiger partial charge in [0.2, 0.25) is 10.0 Å². The fraction of sp³-hybridized carbons (Fsp3) is 0.409. The summed E-state index contributed by atoms with van der Waals surface area (Å²) in [6, 6.07) is 9.57. The highest BCUT2D eigenvalue weighted by atomic mass is 32.2. The third kappa shape index (κ3) is 8.10. The second-order valence-corrected chi connectivity index (χ2v) is 11.5. The van der Waals surface area contributed by atoms with Gasteiger partial charge in [0.15, 0.2) is 11.5 Å². The summed E-state index contributed by atoms with van der Waals surface area (Å²) in [7, 11) is -4.22. The Kier molecular flexibility index (Phi) is 9.65. The van der Waals surface area contributed by atoms with E-state index in [1.807, 2.05) is 25.3 Å². The molecule has 34 heavy (non-hydrogen) atoms. The van der Waals surface area contributed by atoms with Gasteiger partial charge in [-0.1, -0.05) is 6.92 Å². The number of benzene rings is 2. The van der Waals surface area contributed by atoms with Crippen molar-refractivity contribution >= 4 is 26.9 Å². The molecule has 0 saturated carbocycles. The molecule has 0 saturated heterocycles. The van der Waals surface area contributed by atoms with Crippen LogP contribution in [0.4, 0.5) is 13.2 Å². The van der Waals surface area contributed by atoms with Gasteiger partial charge in [-0.15, -0.1) is 13.2 Å². The summed E-state index contributed by atoms with van der Waals surface area (Å²) in [6.07, 6.45) is -2.31. The number of carboxylic acids is 1. The van der Waals surface area contributed by atoms with Crippen LogP contribution in [-0.2, 0) is 25.7 Å². The van der Waals surface area contributed by atoms with Crippen molar-refractivity contribution in [1.82, 2.24) is 4.31 Å². The van der Waals surface area contributed by atoms with Crippen molar-refractivity contribution in [1.29, 1.82) is 0 Å². The van der Waals surface area contributed by atoms with Crippen LogP contribution in [0, 0.1) is 6.92 Å². The van der Waals surface area contributed by atoms with E-state index in [0.29, 0.717) is 17.9 Å². The first-order valence-electron chi connectivity index (χ1n) is 10.3. The Morgan fingerprint density at radius 3 is 2.29 bits per heavy atom. The quantitative estimate of drug-likeness (QED) is 0.423. The number of carboxylic acid groups (broad SMARTS) is 1. The second-order valence-electron chi connectivity index (χ2n) is 7.37. The van der Waals surface area contributed by atoms with Gasteiger partial charge < -0.3 is 14.6 Å². The summed E-state index contributed by atoms with van der Waals surface area (Å²) in [5, 5.41) is 8.75. The predicted octanol–water partition coefficient (Wildman–Crippen LogP) is 4.06. The van der Waals surface area contributed by atoms with Crippen LogP contribution in [0.2, 0.25) is 0 Å². The van der Waals surface area contributed by atoms with Gasteiger partial charge >= 0.3 is 12.3 Å². The van der Waals surface area contributed by atoms with Crippen LogP contribution in [0.25, 0.3) is 0 Å². The van der Waals surface area contributed by atoms with Crippen molar-refractivity contribution < 1.29 is 41.0 Å². The molecule has 188 valence electrons. The maximum atomic E-state index is 13.1. The summed E-state index contributed by atoms with van der Waals surface area (Å²) in [4.78, 5) is 11.6. The molecule has 0 aliphatic carbocycles. The van der Waals surface area contributed by atoms with Crippen molar-refractivity contribution in [2.24, 2.45) is 0 Å². The van der Waals surface area contributed by atoms with Gasteiger partial charge in [0, 0.05) is 17.4 Å². The van der Waals surface area contributed by atoms with Gasteiger partial charge in [0.25, 0.3) is 0 Å². The number of carbonyl (C=O) groups is 1. The minimum Gasteiger partial charge on any atom is -0.482 e. The maximum absolute atomic E-state index is 13.1. The topological polar surface area (TPSA) is 93.1 Å². The van der Waals surface area contributed by atoms with Gasteiger partial charge in [0.05, 0.1) is 11.4 Å². The minimum absolute atomic E-state index is 0.109. The van der Waals surface area contributed by atoms with E-state index >= 15 is 0 Å². The number of hydrogen-bond acceptors (Lipinski definition) is 5. The van der Waals surface area contributed by atoms with E-state index in [1.54, 1.807) is 13.0 Å². The predicted molar refractivity (Wildman–Crippen MR) is 123 cm³/mol. The molecule has 0 aromatic heterocycles. The third-order valence-corrected chi connectivity index (χ3v) is 8.48.